The Labute approximate surface area is 98.2 Å². The van der Waals surface area contributed by atoms with Crippen molar-refractivity contribution in [2.45, 2.75) is 64.4 Å². The van der Waals surface area contributed by atoms with E-state index in [0.717, 1.165) is 38.7 Å². The van der Waals surface area contributed by atoms with Gasteiger partial charge in [-0.2, -0.15) is 0 Å². The second kappa shape index (κ2) is 7.66. The Morgan fingerprint density at radius 1 is 1.25 bits per heavy atom. The van der Waals surface area contributed by atoms with E-state index in [-0.39, 0.29) is 12.0 Å². The van der Waals surface area contributed by atoms with Gasteiger partial charge in [0, 0.05) is 6.61 Å². The molecular weight excluding hydrogens is 204 g/mol. The van der Waals surface area contributed by atoms with Crippen molar-refractivity contribution in [1.29, 1.82) is 0 Å². The van der Waals surface area contributed by atoms with Crippen LogP contribution in [-0.4, -0.2) is 23.8 Å². The quantitative estimate of drug-likeness (QED) is 0.680. The Morgan fingerprint density at radius 2 is 2.00 bits per heavy atom. The van der Waals surface area contributed by atoms with E-state index in [1.54, 1.807) is 0 Å². The van der Waals surface area contributed by atoms with Crippen molar-refractivity contribution in [1.82, 2.24) is 0 Å². The summed E-state index contributed by atoms with van der Waals surface area (Å²) in [5.41, 5.74) is 0. The highest BCUT2D eigenvalue weighted by atomic mass is 16.5. The number of aliphatic carboxylic acids is 1. The van der Waals surface area contributed by atoms with Gasteiger partial charge < -0.3 is 9.84 Å². The van der Waals surface area contributed by atoms with Crippen LogP contribution in [0.1, 0.15) is 58.3 Å². The molecule has 0 aromatic rings. The van der Waals surface area contributed by atoms with Gasteiger partial charge in [-0.1, -0.05) is 39.0 Å². The van der Waals surface area contributed by atoms with Gasteiger partial charge in [0.2, 0.25) is 0 Å². The molecule has 0 heterocycles. The van der Waals surface area contributed by atoms with Gasteiger partial charge in [-0.25, -0.2) is 0 Å². The lowest BCUT2D eigenvalue weighted by Gasteiger charge is -2.28. The largest absolute Gasteiger partial charge is 0.481 e. The van der Waals surface area contributed by atoms with Gasteiger partial charge >= 0.3 is 5.97 Å². The average Bonchev–Trinajstić information content (AvgIpc) is 2.29. The molecule has 2 atom stereocenters. The van der Waals surface area contributed by atoms with Crippen molar-refractivity contribution < 1.29 is 14.6 Å². The van der Waals surface area contributed by atoms with E-state index in [0.29, 0.717) is 0 Å². The average molecular weight is 228 g/mol. The van der Waals surface area contributed by atoms with Crippen molar-refractivity contribution in [2.24, 2.45) is 5.92 Å². The molecule has 3 heteroatoms. The molecule has 0 amide bonds. The third-order valence-electron chi connectivity index (χ3n) is 3.35. The van der Waals surface area contributed by atoms with Crippen LogP contribution in [0.4, 0.5) is 0 Å². The predicted octanol–water partition coefficient (Wildman–Crippen LogP) is 3.23. The molecule has 0 aliphatic heterocycles. The Morgan fingerprint density at radius 3 is 2.69 bits per heavy atom. The minimum atomic E-state index is -0.682. The third kappa shape index (κ3) is 4.52. The SMILES string of the molecule is CCCCCCOC1CCCCC1C(=O)O. The summed E-state index contributed by atoms with van der Waals surface area (Å²) < 4.78 is 5.72. The number of carboxylic acid groups (broad SMARTS) is 1. The zero-order valence-corrected chi connectivity index (χ0v) is 10.3. The number of rotatable bonds is 7. The monoisotopic (exact) mass is 228 g/mol. The van der Waals surface area contributed by atoms with E-state index in [9.17, 15) is 4.79 Å². The Hall–Kier alpha value is -0.570. The van der Waals surface area contributed by atoms with E-state index in [2.05, 4.69) is 6.92 Å². The number of unbranched alkanes of at least 4 members (excludes halogenated alkanes) is 3. The van der Waals surface area contributed by atoms with Crippen LogP contribution in [-0.2, 0) is 9.53 Å². The maximum atomic E-state index is 11.0. The molecule has 16 heavy (non-hydrogen) atoms. The summed E-state index contributed by atoms with van der Waals surface area (Å²) in [6.45, 7) is 2.91. The highest BCUT2D eigenvalue weighted by Crippen LogP contribution is 2.27. The van der Waals surface area contributed by atoms with Gasteiger partial charge in [-0.3, -0.25) is 4.79 Å². The molecular formula is C13H24O3. The smallest absolute Gasteiger partial charge is 0.309 e. The summed E-state index contributed by atoms with van der Waals surface area (Å²) in [5, 5.41) is 9.07. The maximum Gasteiger partial charge on any atom is 0.309 e. The minimum absolute atomic E-state index is 0.0344. The minimum Gasteiger partial charge on any atom is -0.481 e. The molecule has 0 saturated heterocycles. The number of hydrogen-bond acceptors (Lipinski definition) is 2. The van der Waals surface area contributed by atoms with Crippen molar-refractivity contribution in [2.75, 3.05) is 6.61 Å². The van der Waals surface area contributed by atoms with Crippen LogP contribution in [0.5, 0.6) is 0 Å². The summed E-state index contributed by atoms with van der Waals surface area (Å²) in [6.07, 6.45) is 8.55. The third-order valence-corrected chi connectivity index (χ3v) is 3.35. The van der Waals surface area contributed by atoms with Gasteiger partial charge in [0.1, 0.15) is 0 Å². The Kier molecular flexibility index (Phi) is 6.46. The highest BCUT2D eigenvalue weighted by Gasteiger charge is 2.31. The molecule has 1 N–H and O–H groups in total. The Balaban J connectivity index is 2.19. The molecule has 0 aromatic carbocycles. The molecule has 3 nitrogen and oxygen atoms in total. The zero-order chi connectivity index (χ0) is 11.8. The van der Waals surface area contributed by atoms with E-state index in [1.807, 2.05) is 0 Å². The van der Waals surface area contributed by atoms with E-state index in [1.165, 1.54) is 19.3 Å². The topological polar surface area (TPSA) is 46.5 Å². The first-order chi connectivity index (χ1) is 7.75. The zero-order valence-electron chi connectivity index (χ0n) is 10.3. The van der Waals surface area contributed by atoms with Crippen molar-refractivity contribution in [3.8, 4) is 0 Å². The first kappa shape index (κ1) is 13.5. The summed E-state index contributed by atoms with van der Waals surface area (Å²) in [7, 11) is 0. The molecule has 1 aliphatic rings. The first-order valence-corrected chi connectivity index (χ1v) is 6.60. The number of carbonyl (C=O) groups is 1. The lowest BCUT2D eigenvalue weighted by Crippen LogP contribution is -2.33. The predicted molar refractivity (Wildman–Crippen MR) is 63.5 cm³/mol. The van der Waals surface area contributed by atoms with E-state index >= 15 is 0 Å². The van der Waals surface area contributed by atoms with Crippen LogP contribution in [0.25, 0.3) is 0 Å². The molecule has 0 radical (unpaired) electrons. The van der Waals surface area contributed by atoms with Crippen LogP contribution >= 0.6 is 0 Å². The van der Waals surface area contributed by atoms with Crippen molar-refractivity contribution in [3.05, 3.63) is 0 Å². The normalized spacial score (nSPS) is 25.6. The molecule has 1 fully saturated rings. The molecule has 0 aromatic heterocycles. The summed E-state index contributed by atoms with van der Waals surface area (Å²) in [4.78, 5) is 11.0. The van der Waals surface area contributed by atoms with Crippen LogP contribution in [0.3, 0.4) is 0 Å². The molecule has 1 aliphatic carbocycles. The second-order valence-electron chi connectivity index (χ2n) is 4.70. The van der Waals surface area contributed by atoms with Gasteiger partial charge in [-0.05, 0) is 19.3 Å². The standard InChI is InChI=1S/C13H24O3/c1-2-3-4-7-10-16-12-9-6-5-8-11(12)13(14)15/h11-12H,2-10H2,1H3,(H,14,15). The number of hydrogen-bond donors (Lipinski definition) is 1. The highest BCUT2D eigenvalue weighted by molar-refractivity contribution is 5.70. The number of carboxylic acids is 1. The number of ether oxygens (including phenoxy) is 1. The molecule has 1 rings (SSSR count). The molecule has 0 spiro atoms. The second-order valence-corrected chi connectivity index (χ2v) is 4.70. The van der Waals surface area contributed by atoms with Gasteiger partial charge in [0.05, 0.1) is 12.0 Å². The van der Waals surface area contributed by atoms with Crippen molar-refractivity contribution in [3.63, 3.8) is 0 Å². The fraction of sp³-hybridized carbons (Fsp3) is 0.923. The molecule has 1 saturated carbocycles. The summed E-state index contributed by atoms with van der Waals surface area (Å²) >= 11 is 0. The van der Waals surface area contributed by atoms with Gasteiger partial charge in [0.25, 0.3) is 0 Å². The van der Waals surface area contributed by atoms with Crippen LogP contribution in [0.15, 0.2) is 0 Å². The fourth-order valence-corrected chi connectivity index (χ4v) is 2.34. The maximum absolute atomic E-state index is 11.0. The fourth-order valence-electron chi connectivity index (χ4n) is 2.34. The molecule has 94 valence electrons. The molecule has 2 unspecified atom stereocenters. The van der Waals surface area contributed by atoms with Crippen LogP contribution in [0.2, 0.25) is 0 Å². The van der Waals surface area contributed by atoms with Gasteiger partial charge in [0.15, 0.2) is 0 Å². The van der Waals surface area contributed by atoms with E-state index in [4.69, 9.17) is 9.84 Å². The summed E-state index contributed by atoms with van der Waals surface area (Å²) in [6, 6.07) is 0. The lowest BCUT2D eigenvalue weighted by molar-refractivity contribution is -0.149. The van der Waals surface area contributed by atoms with Gasteiger partial charge in [-0.15, -0.1) is 0 Å². The van der Waals surface area contributed by atoms with Crippen LogP contribution < -0.4 is 0 Å². The molecule has 0 bridgehead atoms. The van der Waals surface area contributed by atoms with E-state index < -0.39 is 5.97 Å². The van der Waals surface area contributed by atoms with Crippen molar-refractivity contribution >= 4 is 5.97 Å². The van der Waals surface area contributed by atoms with Crippen LogP contribution in [0, 0.1) is 5.92 Å². The lowest BCUT2D eigenvalue weighted by atomic mass is 9.86. The first-order valence-electron chi connectivity index (χ1n) is 6.60. The summed E-state index contributed by atoms with van der Waals surface area (Å²) in [5.74, 6) is -0.946. The Bertz CT molecular complexity index is 203.